The number of amides is 2. The summed E-state index contributed by atoms with van der Waals surface area (Å²) in [5.74, 6) is -0.238. The average Bonchev–Trinajstić information content (AvgIpc) is 3.07. The SMILES string of the molecule is CC(C)(C)C[C@@H](O)C(=O)N1CCN([C@H]2CCN(c3ccc(S(=O)[O-])cc3)C2=O)CC1. The van der Waals surface area contributed by atoms with Gasteiger partial charge in [-0.05, 0) is 53.6 Å². The van der Waals surface area contributed by atoms with Crippen LogP contribution in [0.25, 0.3) is 0 Å². The van der Waals surface area contributed by atoms with Crippen LogP contribution in [0, 0.1) is 5.41 Å². The normalized spacial score (nSPS) is 23.0. The summed E-state index contributed by atoms with van der Waals surface area (Å²) >= 11 is -2.29. The highest BCUT2D eigenvalue weighted by atomic mass is 32.2. The number of rotatable bonds is 5. The molecule has 0 saturated carbocycles. The highest BCUT2D eigenvalue weighted by molar-refractivity contribution is 7.79. The van der Waals surface area contributed by atoms with Gasteiger partial charge in [-0.25, -0.2) is 0 Å². The summed E-state index contributed by atoms with van der Waals surface area (Å²) in [4.78, 5) is 31.1. The standard InChI is InChI=1S/C21H31N3O5S/c1-21(2,3)14-18(25)20(27)23-12-10-22(11-13-23)17-8-9-24(19(17)26)15-4-6-16(7-5-15)30(28)29/h4-7,17-18,25H,8-14H2,1-3H3,(H,28,29)/p-1/t17-,18+/m0/s1. The lowest BCUT2D eigenvalue weighted by molar-refractivity contribution is -0.144. The number of aliphatic hydroxyl groups excluding tert-OH is 1. The van der Waals surface area contributed by atoms with Crippen molar-refractivity contribution in [3.63, 3.8) is 0 Å². The van der Waals surface area contributed by atoms with Crippen molar-refractivity contribution in [2.45, 2.75) is 50.7 Å². The minimum atomic E-state index is -2.29. The summed E-state index contributed by atoms with van der Waals surface area (Å²) in [5.41, 5.74) is 0.563. The lowest BCUT2D eigenvalue weighted by Crippen LogP contribution is -2.55. The van der Waals surface area contributed by atoms with Crippen molar-refractivity contribution in [2.75, 3.05) is 37.6 Å². The molecule has 2 aliphatic heterocycles. The van der Waals surface area contributed by atoms with Crippen LogP contribution in [0.5, 0.6) is 0 Å². The predicted octanol–water partition coefficient (Wildman–Crippen LogP) is 0.971. The van der Waals surface area contributed by atoms with Gasteiger partial charge in [0, 0.05) is 43.3 Å². The van der Waals surface area contributed by atoms with Crippen LogP contribution >= 0.6 is 0 Å². The van der Waals surface area contributed by atoms with Crippen LogP contribution in [-0.4, -0.2) is 80.4 Å². The third-order valence-electron chi connectivity index (χ3n) is 5.68. The van der Waals surface area contributed by atoms with Gasteiger partial charge in [-0.1, -0.05) is 20.8 Å². The quantitative estimate of drug-likeness (QED) is 0.690. The highest BCUT2D eigenvalue weighted by Crippen LogP contribution is 2.26. The van der Waals surface area contributed by atoms with Gasteiger partial charge in [-0.2, -0.15) is 0 Å². The summed E-state index contributed by atoms with van der Waals surface area (Å²) in [6, 6.07) is 6.05. The molecule has 3 rings (SSSR count). The van der Waals surface area contributed by atoms with Crippen molar-refractivity contribution in [2.24, 2.45) is 5.41 Å². The molecule has 9 heteroatoms. The fourth-order valence-corrected chi connectivity index (χ4v) is 4.49. The molecule has 2 amide bonds. The molecule has 2 saturated heterocycles. The van der Waals surface area contributed by atoms with Crippen molar-refractivity contribution >= 4 is 28.6 Å². The van der Waals surface area contributed by atoms with Crippen LogP contribution in [0.4, 0.5) is 5.69 Å². The molecule has 0 bridgehead atoms. The second-order valence-corrected chi connectivity index (χ2v) is 10.1. The molecule has 3 atom stereocenters. The Labute approximate surface area is 180 Å². The number of piperazine rings is 1. The zero-order valence-corrected chi connectivity index (χ0v) is 18.6. The van der Waals surface area contributed by atoms with Gasteiger partial charge in [0.25, 0.3) is 5.91 Å². The minimum absolute atomic E-state index is 0.00135. The monoisotopic (exact) mass is 436 g/mol. The molecule has 30 heavy (non-hydrogen) atoms. The Morgan fingerprint density at radius 1 is 1.17 bits per heavy atom. The number of hydrogen-bond donors (Lipinski definition) is 1. The molecular formula is C21H30N3O5S-. The van der Waals surface area contributed by atoms with E-state index in [2.05, 4.69) is 4.90 Å². The first-order chi connectivity index (χ1) is 14.1. The van der Waals surface area contributed by atoms with Gasteiger partial charge in [0.1, 0.15) is 6.10 Å². The molecule has 2 fully saturated rings. The van der Waals surface area contributed by atoms with E-state index in [1.165, 1.54) is 12.1 Å². The molecule has 0 aliphatic carbocycles. The van der Waals surface area contributed by atoms with Crippen molar-refractivity contribution in [3.8, 4) is 0 Å². The van der Waals surface area contributed by atoms with E-state index in [4.69, 9.17) is 0 Å². The van der Waals surface area contributed by atoms with Crippen molar-refractivity contribution in [1.29, 1.82) is 0 Å². The van der Waals surface area contributed by atoms with Crippen molar-refractivity contribution in [3.05, 3.63) is 24.3 Å². The average molecular weight is 437 g/mol. The van der Waals surface area contributed by atoms with E-state index in [0.29, 0.717) is 51.3 Å². The first-order valence-corrected chi connectivity index (χ1v) is 11.4. The zero-order chi connectivity index (χ0) is 22.1. The van der Waals surface area contributed by atoms with Crippen LogP contribution in [0.2, 0.25) is 0 Å². The maximum atomic E-state index is 12.9. The van der Waals surface area contributed by atoms with Crippen molar-refractivity contribution in [1.82, 2.24) is 9.80 Å². The van der Waals surface area contributed by atoms with Gasteiger partial charge in [-0.15, -0.1) is 0 Å². The summed E-state index contributed by atoms with van der Waals surface area (Å²) < 4.78 is 22.0. The number of anilines is 1. The smallest absolute Gasteiger partial charge is 0.251 e. The van der Waals surface area contributed by atoms with Crippen LogP contribution < -0.4 is 4.90 Å². The molecule has 1 aromatic rings. The number of nitrogens with zero attached hydrogens (tertiary/aromatic N) is 3. The molecule has 0 spiro atoms. The van der Waals surface area contributed by atoms with Gasteiger partial charge in [0.05, 0.1) is 6.04 Å². The molecule has 166 valence electrons. The van der Waals surface area contributed by atoms with Crippen molar-refractivity contribution < 1.29 is 23.5 Å². The number of hydrogen-bond acceptors (Lipinski definition) is 6. The van der Waals surface area contributed by atoms with Crippen LogP contribution in [0.1, 0.15) is 33.6 Å². The fraction of sp³-hybridized carbons (Fsp3) is 0.619. The molecule has 8 nitrogen and oxygen atoms in total. The Balaban J connectivity index is 1.55. The van der Waals surface area contributed by atoms with Gasteiger partial charge in [-0.3, -0.25) is 18.7 Å². The third-order valence-corrected chi connectivity index (χ3v) is 6.33. The predicted molar refractivity (Wildman–Crippen MR) is 113 cm³/mol. The largest absolute Gasteiger partial charge is 0.768 e. The molecule has 2 heterocycles. The Kier molecular flexibility index (Phi) is 6.96. The lowest BCUT2D eigenvalue weighted by atomic mass is 9.89. The summed E-state index contributed by atoms with van der Waals surface area (Å²) in [5, 5.41) is 10.2. The van der Waals surface area contributed by atoms with E-state index in [0.717, 1.165) is 0 Å². The maximum Gasteiger partial charge on any atom is 0.251 e. The molecule has 0 aromatic heterocycles. The first kappa shape index (κ1) is 22.9. The Morgan fingerprint density at radius 3 is 2.30 bits per heavy atom. The van der Waals surface area contributed by atoms with Gasteiger partial charge >= 0.3 is 0 Å². The van der Waals surface area contributed by atoms with E-state index in [-0.39, 0.29) is 28.2 Å². The van der Waals surface area contributed by atoms with E-state index in [9.17, 15) is 23.5 Å². The molecule has 1 N–H and O–H groups in total. The van der Waals surface area contributed by atoms with E-state index in [1.807, 2.05) is 20.8 Å². The van der Waals surface area contributed by atoms with E-state index in [1.54, 1.807) is 21.9 Å². The van der Waals surface area contributed by atoms with E-state index < -0.39 is 17.2 Å². The number of benzene rings is 1. The number of carbonyl (C=O) groups is 2. The fourth-order valence-electron chi connectivity index (χ4n) is 4.13. The van der Waals surface area contributed by atoms with Gasteiger partial charge in [0.15, 0.2) is 0 Å². The number of aliphatic hydroxyl groups is 1. The minimum Gasteiger partial charge on any atom is -0.768 e. The lowest BCUT2D eigenvalue weighted by Gasteiger charge is -2.38. The second-order valence-electron chi connectivity index (χ2n) is 9.16. The zero-order valence-electron chi connectivity index (χ0n) is 17.7. The molecule has 1 unspecified atom stereocenters. The van der Waals surface area contributed by atoms with Crippen LogP contribution in [0.3, 0.4) is 0 Å². The van der Waals surface area contributed by atoms with Gasteiger partial charge in [0.2, 0.25) is 5.91 Å². The summed E-state index contributed by atoms with van der Waals surface area (Å²) in [7, 11) is 0. The highest BCUT2D eigenvalue weighted by Gasteiger charge is 2.39. The third kappa shape index (κ3) is 5.26. The number of carbonyl (C=O) groups excluding carboxylic acids is 2. The molecule has 0 radical (unpaired) electrons. The summed E-state index contributed by atoms with van der Waals surface area (Å²) in [6.45, 7) is 8.72. The Hall–Kier alpha value is -1.81. The second kappa shape index (κ2) is 9.13. The Morgan fingerprint density at radius 2 is 1.77 bits per heavy atom. The van der Waals surface area contributed by atoms with Crippen LogP contribution in [0.15, 0.2) is 29.2 Å². The summed E-state index contributed by atoms with van der Waals surface area (Å²) in [6.07, 6.45) is 0.113. The topological polar surface area (TPSA) is 104 Å². The Bertz CT molecular complexity index is 800. The molecule has 2 aliphatic rings. The first-order valence-electron chi connectivity index (χ1n) is 10.3. The maximum absolute atomic E-state index is 12.9. The molecular weight excluding hydrogens is 406 g/mol. The van der Waals surface area contributed by atoms with Gasteiger partial charge < -0.3 is 19.5 Å². The van der Waals surface area contributed by atoms with Crippen LogP contribution in [-0.2, 0) is 20.7 Å². The van der Waals surface area contributed by atoms with E-state index >= 15 is 0 Å². The molecule has 1 aromatic carbocycles.